The Morgan fingerprint density at radius 2 is 2.00 bits per heavy atom. The van der Waals surface area contributed by atoms with Gasteiger partial charge < -0.3 is 19.1 Å². The van der Waals surface area contributed by atoms with Crippen molar-refractivity contribution in [1.82, 2.24) is 4.90 Å². The highest BCUT2D eigenvalue weighted by molar-refractivity contribution is 5.89. The van der Waals surface area contributed by atoms with E-state index in [4.69, 9.17) is 14.2 Å². The average Bonchev–Trinajstić information content (AvgIpc) is 3.15. The first kappa shape index (κ1) is 20.2. The zero-order valence-corrected chi connectivity index (χ0v) is 18.0. The van der Waals surface area contributed by atoms with Crippen LogP contribution in [0.15, 0.2) is 36.4 Å². The molecule has 2 bridgehead atoms. The van der Waals surface area contributed by atoms with Gasteiger partial charge in [0, 0.05) is 35.6 Å². The van der Waals surface area contributed by atoms with Crippen molar-refractivity contribution in [2.24, 2.45) is 5.92 Å². The number of nitro groups is 1. The van der Waals surface area contributed by atoms with Gasteiger partial charge in [-0.15, -0.1) is 0 Å². The summed E-state index contributed by atoms with van der Waals surface area (Å²) in [7, 11) is 2.15. The molecule has 2 aromatic carbocycles. The molecule has 0 radical (unpaired) electrons. The molecule has 6 rings (SSSR count). The van der Waals surface area contributed by atoms with Gasteiger partial charge in [0.2, 0.25) is 0 Å². The second-order valence-corrected chi connectivity index (χ2v) is 9.28. The Morgan fingerprint density at radius 1 is 1.21 bits per heavy atom. The van der Waals surface area contributed by atoms with Crippen molar-refractivity contribution in [2.75, 3.05) is 13.6 Å². The highest BCUT2D eigenvalue weighted by atomic mass is 16.7. The maximum absolute atomic E-state index is 12.9. The predicted molar refractivity (Wildman–Crippen MR) is 115 cm³/mol. The van der Waals surface area contributed by atoms with E-state index in [0.29, 0.717) is 24.1 Å². The number of Topliss-reactive ketones (excluding diaryl/α,β-unsaturated/α-hetero) is 1. The number of carbonyl (C=O) groups is 2. The van der Waals surface area contributed by atoms with E-state index in [1.807, 2.05) is 6.07 Å². The molecule has 33 heavy (non-hydrogen) atoms. The van der Waals surface area contributed by atoms with Crippen LogP contribution in [0.4, 0.5) is 10.5 Å². The maximum Gasteiger partial charge on any atom is 0.519 e. The number of ketones is 1. The Balaban J connectivity index is 1.33. The number of carbonyl (C=O) groups excluding carboxylic acids is 2. The molecule has 4 atom stereocenters. The van der Waals surface area contributed by atoms with Gasteiger partial charge in [-0.2, -0.15) is 0 Å². The Morgan fingerprint density at radius 3 is 2.76 bits per heavy atom. The molecule has 9 nitrogen and oxygen atoms in total. The van der Waals surface area contributed by atoms with Crippen LogP contribution < -0.4 is 14.2 Å². The maximum atomic E-state index is 12.9. The van der Waals surface area contributed by atoms with Gasteiger partial charge >= 0.3 is 6.16 Å². The van der Waals surface area contributed by atoms with Crippen molar-refractivity contribution >= 4 is 17.6 Å². The standard InChI is InChI=1S/C24H22N2O7/c1-25-11-10-24-16-7-8-18(27)22(24)33-21-19(9-2-13(20(21)24)12-17(16)25)32-23(28)31-15-5-3-14(4-6-15)26(29)30/h2-6,9,16-17,22H,7-8,10-12H2,1H3/t16?,17-,22+,24+/m1/s1. The van der Waals surface area contributed by atoms with Crippen LogP contribution in [-0.2, 0) is 16.6 Å². The summed E-state index contributed by atoms with van der Waals surface area (Å²) in [5, 5.41) is 10.8. The molecule has 1 unspecified atom stereocenters. The largest absolute Gasteiger partial charge is 0.519 e. The zero-order chi connectivity index (χ0) is 22.9. The van der Waals surface area contributed by atoms with E-state index in [2.05, 4.69) is 11.9 Å². The van der Waals surface area contributed by atoms with Crippen LogP contribution in [0.1, 0.15) is 30.4 Å². The molecular formula is C24H22N2O7. The molecule has 1 saturated heterocycles. The third kappa shape index (κ3) is 2.81. The van der Waals surface area contributed by atoms with Crippen LogP contribution in [0, 0.1) is 16.0 Å². The number of nitrogens with zero attached hydrogens (tertiary/aromatic N) is 2. The molecule has 0 aromatic heterocycles. The second kappa shape index (κ2) is 7.02. The summed E-state index contributed by atoms with van der Waals surface area (Å²) in [6.45, 7) is 0.889. The fraction of sp³-hybridized carbons (Fsp3) is 0.417. The molecular weight excluding hydrogens is 428 g/mol. The number of piperidine rings is 1. The number of likely N-dealkylation sites (tertiary alicyclic amines) is 1. The highest BCUT2D eigenvalue weighted by Crippen LogP contribution is 2.63. The van der Waals surface area contributed by atoms with Gasteiger partial charge in [-0.25, -0.2) is 4.79 Å². The smallest absolute Gasteiger partial charge is 0.477 e. The number of nitro benzene ring substituents is 1. The minimum atomic E-state index is -0.976. The quantitative estimate of drug-likeness (QED) is 0.303. The molecule has 4 aliphatic rings. The van der Waals surface area contributed by atoms with Gasteiger partial charge in [-0.1, -0.05) is 6.07 Å². The lowest BCUT2D eigenvalue weighted by Gasteiger charge is -2.57. The monoisotopic (exact) mass is 450 g/mol. The lowest BCUT2D eigenvalue weighted by Crippen LogP contribution is -2.65. The minimum Gasteiger partial charge on any atom is -0.477 e. The van der Waals surface area contributed by atoms with Crippen molar-refractivity contribution in [3.63, 3.8) is 0 Å². The van der Waals surface area contributed by atoms with Gasteiger partial charge in [0.25, 0.3) is 5.69 Å². The third-order valence-corrected chi connectivity index (χ3v) is 7.81. The van der Waals surface area contributed by atoms with E-state index in [1.54, 1.807) is 6.07 Å². The Kier molecular flexibility index (Phi) is 4.29. The molecule has 0 amide bonds. The molecule has 2 aromatic rings. The normalized spacial score (nSPS) is 29.1. The molecule has 1 spiro atoms. The van der Waals surface area contributed by atoms with E-state index in [9.17, 15) is 19.7 Å². The zero-order valence-electron chi connectivity index (χ0n) is 18.0. The summed E-state index contributed by atoms with van der Waals surface area (Å²) >= 11 is 0. The first-order valence-electron chi connectivity index (χ1n) is 11.1. The summed E-state index contributed by atoms with van der Waals surface area (Å²) in [5.74, 6) is 1.27. The summed E-state index contributed by atoms with van der Waals surface area (Å²) < 4.78 is 17.0. The predicted octanol–water partition coefficient (Wildman–Crippen LogP) is 3.41. The number of hydrogen-bond donors (Lipinski definition) is 0. The van der Waals surface area contributed by atoms with Gasteiger partial charge in [0.1, 0.15) is 5.75 Å². The molecule has 170 valence electrons. The Labute approximate surface area is 189 Å². The summed E-state index contributed by atoms with van der Waals surface area (Å²) in [4.78, 5) is 38.1. The fourth-order valence-electron chi connectivity index (χ4n) is 6.43. The number of hydrogen-bond acceptors (Lipinski definition) is 8. The topological polar surface area (TPSA) is 108 Å². The van der Waals surface area contributed by atoms with Gasteiger partial charge in [0.15, 0.2) is 23.4 Å². The van der Waals surface area contributed by atoms with Crippen LogP contribution in [-0.4, -0.2) is 47.5 Å². The summed E-state index contributed by atoms with van der Waals surface area (Å²) in [6, 6.07) is 9.18. The second-order valence-electron chi connectivity index (χ2n) is 9.28. The summed E-state index contributed by atoms with van der Waals surface area (Å²) in [6.07, 6.45) is 1.54. The van der Waals surface area contributed by atoms with Crippen LogP contribution >= 0.6 is 0 Å². The highest BCUT2D eigenvalue weighted by Gasteiger charge is 2.65. The van der Waals surface area contributed by atoms with E-state index in [0.717, 1.165) is 36.9 Å². The van der Waals surface area contributed by atoms with Crippen molar-refractivity contribution in [1.29, 1.82) is 0 Å². The lowest BCUT2D eigenvalue weighted by molar-refractivity contribution is -0.384. The Bertz CT molecular complexity index is 1190. The SMILES string of the molecule is CN1CC[C@]23c4c5ccc(OC(=O)Oc6ccc([N+](=O)[O-])cc6)c4O[C@H]2C(=O)CCC3[C@H]1C5. The van der Waals surface area contributed by atoms with Gasteiger partial charge in [-0.05, 0) is 62.5 Å². The van der Waals surface area contributed by atoms with E-state index in [1.165, 1.54) is 24.3 Å². The van der Waals surface area contributed by atoms with Crippen LogP contribution in [0.25, 0.3) is 0 Å². The first-order valence-corrected chi connectivity index (χ1v) is 11.1. The van der Waals surface area contributed by atoms with Crippen molar-refractivity contribution < 1.29 is 28.7 Å². The molecule has 2 aliphatic heterocycles. The van der Waals surface area contributed by atoms with E-state index >= 15 is 0 Å². The van der Waals surface area contributed by atoms with Crippen LogP contribution in [0.5, 0.6) is 17.2 Å². The third-order valence-electron chi connectivity index (χ3n) is 7.81. The van der Waals surface area contributed by atoms with Crippen molar-refractivity contribution in [3.05, 3.63) is 57.6 Å². The Hall–Kier alpha value is -3.46. The number of benzene rings is 2. The summed E-state index contributed by atoms with van der Waals surface area (Å²) in [5.41, 5.74) is 1.70. The number of rotatable bonds is 3. The number of non-ortho nitro benzene ring substituents is 1. The van der Waals surface area contributed by atoms with E-state index < -0.39 is 17.2 Å². The molecule has 2 fully saturated rings. The number of ether oxygens (including phenoxy) is 3. The molecule has 9 heteroatoms. The molecule has 2 heterocycles. The molecule has 1 saturated carbocycles. The lowest BCUT2D eigenvalue weighted by atomic mass is 9.52. The van der Waals surface area contributed by atoms with Gasteiger partial charge in [-0.3, -0.25) is 14.9 Å². The molecule has 0 N–H and O–H groups in total. The average molecular weight is 450 g/mol. The van der Waals surface area contributed by atoms with Crippen molar-refractivity contribution in [3.8, 4) is 17.2 Å². The van der Waals surface area contributed by atoms with E-state index in [-0.39, 0.29) is 28.4 Å². The van der Waals surface area contributed by atoms with Crippen molar-refractivity contribution in [2.45, 2.75) is 43.2 Å². The van der Waals surface area contributed by atoms with Gasteiger partial charge in [0.05, 0.1) is 4.92 Å². The molecule has 2 aliphatic carbocycles. The fourth-order valence-corrected chi connectivity index (χ4v) is 6.43. The van der Waals surface area contributed by atoms with Crippen LogP contribution in [0.2, 0.25) is 0 Å². The van der Waals surface area contributed by atoms with Crippen LogP contribution in [0.3, 0.4) is 0 Å². The minimum absolute atomic E-state index is 0.107. The first-order chi connectivity index (χ1) is 15.9. The number of likely N-dealkylation sites (N-methyl/N-ethyl adjacent to an activating group) is 1.